The van der Waals surface area contributed by atoms with Crippen molar-refractivity contribution < 1.29 is 24.8 Å². The average molecular weight is 356 g/mol. The van der Waals surface area contributed by atoms with Crippen LogP contribution in [-0.2, 0) is 11.5 Å². The number of nitrogens with zero attached hydrogens (tertiary/aromatic N) is 1. The largest absolute Gasteiger partial charge is 0.508 e. The quantitative estimate of drug-likeness (QED) is 0.623. The minimum absolute atomic E-state index is 0.0328. The summed E-state index contributed by atoms with van der Waals surface area (Å²) in [6.07, 6.45) is 0. The molecule has 7 nitrogen and oxygen atoms in total. The highest BCUT2D eigenvalue weighted by atomic mass is 32.1. The lowest BCUT2D eigenvalue weighted by Gasteiger charge is -2.03. The number of nitrogens with one attached hydrogen (secondary N) is 1. The van der Waals surface area contributed by atoms with Crippen LogP contribution in [0.5, 0.6) is 17.2 Å². The smallest absolute Gasteiger partial charge is 0.257 e. The lowest BCUT2D eigenvalue weighted by atomic mass is 10.1. The van der Waals surface area contributed by atoms with Crippen molar-refractivity contribution >= 4 is 22.4 Å². The molecule has 3 N–H and O–H groups in total. The first-order valence-corrected chi connectivity index (χ1v) is 8.20. The molecule has 3 aromatic rings. The number of fused-ring (bicyclic) bond motifs is 1. The van der Waals surface area contributed by atoms with Crippen LogP contribution in [0, 0.1) is 0 Å². The fourth-order valence-electron chi connectivity index (χ4n) is 2.43. The second-order valence-corrected chi connectivity index (χ2v) is 6.22. The standard InChI is InChI=1S/C17H12N2O5S/c20-11-2-3-12(14(21)6-11)13-8-25-17(18-13)19-16(22)9-1-4-15-10(5-9)7-23-24-15/h1-6,8,20-21H,7H2,(H,18,19,22). The van der Waals surface area contributed by atoms with Crippen LogP contribution in [0.25, 0.3) is 11.3 Å². The minimum Gasteiger partial charge on any atom is -0.508 e. The van der Waals surface area contributed by atoms with Gasteiger partial charge in [-0.1, -0.05) is 0 Å². The first-order chi connectivity index (χ1) is 12.1. The lowest BCUT2D eigenvalue weighted by Crippen LogP contribution is -2.11. The lowest BCUT2D eigenvalue weighted by molar-refractivity contribution is -0.194. The SMILES string of the molecule is O=C(Nc1nc(-c2ccc(O)cc2O)cs1)c1ccc2c(c1)COO2. The summed E-state index contributed by atoms with van der Waals surface area (Å²) in [7, 11) is 0. The number of anilines is 1. The molecule has 0 spiro atoms. The normalized spacial score (nSPS) is 12.5. The molecule has 8 heteroatoms. The Morgan fingerprint density at radius 3 is 2.92 bits per heavy atom. The average Bonchev–Trinajstić information content (AvgIpc) is 3.23. The van der Waals surface area contributed by atoms with Gasteiger partial charge >= 0.3 is 0 Å². The minimum atomic E-state index is -0.300. The number of amides is 1. The monoisotopic (exact) mass is 356 g/mol. The van der Waals surface area contributed by atoms with Crippen LogP contribution >= 0.6 is 11.3 Å². The summed E-state index contributed by atoms with van der Waals surface area (Å²) in [6, 6.07) is 9.29. The Morgan fingerprint density at radius 1 is 1.20 bits per heavy atom. The van der Waals surface area contributed by atoms with E-state index in [0.29, 0.717) is 34.3 Å². The maximum absolute atomic E-state index is 12.4. The number of carbonyl (C=O) groups is 1. The van der Waals surface area contributed by atoms with Crippen molar-refractivity contribution in [2.24, 2.45) is 0 Å². The molecule has 1 aliphatic heterocycles. The summed E-state index contributed by atoms with van der Waals surface area (Å²) >= 11 is 1.24. The van der Waals surface area contributed by atoms with E-state index in [1.165, 1.54) is 23.5 Å². The van der Waals surface area contributed by atoms with E-state index in [1.54, 1.807) is 29.6 Å². The van der Waals surface area contributed by atoms with Crippen LogP contribution < -0.4 is 10.2 Å². The van der Waals surface area contributed by atoms with Crippen LogP contribution in [0.1, 0.15) is 15.9 Å². The number of hydrogen-bond acceptors (Lipinski definition) is 7. The van der Waals surface area contributed by atoms with E-state index in [1.807, 2.05) is 0 Å². The third kappa shape index (κ3) is 3.00. The summed E-state index contributed by atoms with van der Waals surface area (Å²) < 4.78 is 0. The molecule has 0 unspecified atom stereocenters. The number of thiazole rings is 1. The third-order valence-corrected chi connectivity index (χ3v) is 4.43. The highest BCUT2D eigenvalue weighted by Crippen LogP contribution is 2.34. The van der Waals surface area contributed by atoms with Crippen molar-refractivity contribution in [1.82, 2.24) is 4.98 Å². The molecule has 0 fully saturated rings. The maximum Gasteiger partial charge on any atom is 0.257 e. The Kier molecular flexibility index (Phi) is 3.75. The highest BCUT2D eigenvalue weighted by molar-refractivity contribution is 7.14. The van der Waals surface area contributed by atoms with E-state index in [-0.39, 0.29) is 17.4 Å². The third-order valence-electron chi connectivity index (χ3n) is 3.67. The Labute approximate surface area is 146 Å². The van der Waals surface area contributed by atoms with Gasteiger partial charge in [-0.25, -0.2) is 4.98 Å². The van der Waals surface area contributed by atoms with Gasteiger partial charge in [-0.2, -0.15) is 4.89 Å². The second-order valence-electron chi connectivity index (χ2n) is 5.36. The van der Waals surface area contributed by atoms with Gasteiger partial charge in [0.05, 0.1) is 5.69 Å². The number of hydrogen-bond donors (Lipinski definition) is 3. The zero-order valence-corrected chi connectivity index (χ0v) is 13.5. The van der Waals surface area contributed by atoms with Gasteiger partial charge in [-0.15, -0.1) is 11.3 Å². The first-order valence-electron chi connectivity index (χ1n) is 7.32. The van der Waals surface area contributed by atoms with Gasteiger partial charge in [-0.3, -0.25) is 10.1 Å². The highest BCUT2D eigenvalue weighted by Gasteiger charge is 2.17. The number of aromatic hydroxyl groups is 2. The van der Waals surface area contributed by atoms with E-state index in [4.69, 9.17) is 9.78 Å². The maximum atomic E-state index is 12.4. The summed E-state index contributed by atoms with van der Waals surface area (Å²) in [5.41, 5.74) is 2.26. The molecule has 0 saturated heterocycles. The fourth-order valence-corrected chi connectivity index (χ4v) is 3.14. The summed E-state index contributed by atoms with van der Waals surface area (Å²) in [4.78, 5) is 26.5. The molecule has 25 heavy (non-hydrogen) atoms. The van der Waals surface area contributed by atoms with Crippen LogP contribution in [-0.4, -0.2) is 21.1 Å². The van der Waals surface area contributed by atoms with Crippen molar-refractivity contribution in [3.8, 4) is 28.5 Å². The molecular weight excluding hydrogens is 344 g/mol. The molecule has 1 amide bonds. The van der Waals surface area contributed by atoms with E-state index >= 15 is 0 Å². The Morgan fingerprint density at radius 2 is 2.08 bits per heavy atom. The van der Waals surface area contributed by atoms with E-state index in [0.717, 1.165) is 5.56 Å². The Hall–Kier alpha value is -3.10. The molecule has 0 radical (unpaired) electrons. The number of aromatic nitrogens is 1. The number of phenols is 2. The van der Waals surface area contributed by atoms with Crippen LogP contribution in [0.15, 0.2) is 41.8 Å². The molecule has 1 aliphatic rings. The first kappa shape index (κ1) is 15.4. The number of carbonyl (C=O) groups excluding carboxylic acids is 1. The van der Waals surface area contributed by atoms with Crippen molar-refractivity contribution in [2.75, 3.05) is 5.32 Å². The Balaban J connectivity index is 1.54. The molecule has 0 bridgehead atoms. The molecule has 1 aromatic heterocycles. The van der Waals surface area contributed by atoms with E-state index in [9.17, 15) is 15.0 Å². The van der Waals surface area contributed by atoms with Crippen LogP contribution in [0.2, 0.25) is 0 Å². The van der Waals surface area contributed by atoms with Crippen molar-refractivity contribution in [3.05, 3.63) is 52.9 Å². The fraction of sp³-hybridized carbons (Fsp3) is 0.0588. The van der Waals surface area contributed by atoms with Gasteiger partial charge < -0.3 is 15.1 Å². The van der Waals surface area contributed by atoms with Gasteiger partial charge in [0, 0.05) is 28.1 Å². The number of phenolic OH excluding ortho intramolecular Hbond substituents is 2. The molecule has 0 atom stereocenters. The van der Waals surface area contributed by atoms with Gasteiger partial charge in [0.25, 0.3) is 5.91 Å². The summed E-state index contributed by atoms with van der Waals surface area (Å²) in [5.74, 6) is 0.192. The second kappa shape index (κ2) is 6.08. The predicted molar refractivity (Wildman–Crippen MR) is 90.7 cm³/mol. The van der Waals surface area contributed by atoms with Gasteiger partial charge in [0.1, 0.15) is 18.1 Å². The summed E-state index contributed by atoms with van der Waals surface area (Å²) in [5, 5.41) is 24.1. The molecule has 2 aromatic carbocycles. The summed E-state index contributed by atoms with van der Waals surface area (Å²) in [6.45, 7) is 0.304. The number of rotatable bonds is 3. The topological polar surface area (TPSA) is 101 Å². The van der Waals surface area contributed by atoms with Crippen molar-refractivity contribution in [3.63, 3.8) is 0 Å². The molecular formula is C17H12N2O5S. The van der Waals surface area contributed by atoms with E-state index in [2.05, 4.69) is 10.3 Å². The molecule has 2 heterocycles. The van der Waals surface area contributed by atoms with Crippen LogP contribution in [0.4, 0.5) is 5.13 Å². The van der Waals surface area contributed by atoms with Gasteiger partial charge in [0.2, 0.25) is 0 Å². The van der Waals surface area contributed by atoms with Crippen molar-refractivity contribution in [2.45, 2.75) is 6.61 Å². The molecule has 4 rings (SSSR count). The number of benzene rings is 2. The van der Waals surface area contributed by atoms with Crippen LogP contribution in [0.3, 0.4) is 0 Å². The zero-order valence-electron chi connectivity index (χ0n) is 12.7. The van der Waals surface area contributed by atoms with E-state index < -0.39 is 0 Å². The Bertz CT molecular complexity index is 969. The predicted octanol–water partition coefficient (Wildman–Crippen LogP) is 3.30. The molecule has 0 saturated carbocycles. The molecule has 126 valence electrons. The van der Waals surface area contributed by atoms with Gasteiger partial charge in [-0.05, 0) is 30.3 Å². The van der Waals surface area contributed by atoms with Crippen molar-refractivity contribution in [1.29, 1.82) is 0 Å². The van der Waals surface area contributed by atoms with Gasteiger partial charge in [0.15, 0.2) is 10.9 Å². The zero-order chi connectivity index (χ0) is 17.4. The molecule has 0 aliphatic carbocycles.